The molecule has 353 valence electrons. The zero-order chi connectivity index (χ0) is 48.0. The monoisotopic (exact) mass is 1130 g/mol. The molecule has 0 fully saturated rings. The smallest absolute Gasteiger partial charge is 0.0798 e. The molecule has 0 amide bonds. The standard InChI is InChI=1S/C45H35N2OS.C18H24NSi.Ir/c1-27(2)34-24-32(29-12-6-5-7-13-29)25-35(28(3)4)44(34)47-40-16-10-9-15-39(40)46-45(47)38-26-48-41-20-18-30(22-36(38)41)31-19-21-43-37(23-31)33-14-8-11-17-42(33)49-43;1-14(2)11-16-12-17(15-9-7-6-8-10-15)19-13-18(16)20(3,4)5;/h5-25,27-28H,1-4H3;6-9,12-14H,11H2,1-5H3;/q2*-1;. The van der Waals surface area contributed by atoms with E-state index in [9.17, 15) is 0 Å². The van der Waals surface area contributed by atoms with Crippen molar-refractivity contribution >= 4 is 66.8 Å². The first-order chi connectivity index (χ1) is 33.3. The van der Waals surface area contributed by atoms with Crippen LogP contribution in [0, 0.1) is 18.2 Å². The van der Waals surface area contributed by atoms with E-state index in [4.69, 9.17) is 9.40 Å². The summed E-state index contributed by atoms with van der Waals surface area (Å²) in [4.78, 5) is 9.99. The van der Waals surface area contributed by atoms with Crippen LogP contribution in [0.5, 0.6) is 0 Å². The molecule has 0 N–H and O–H groups in total. The van der Waals surface area contributed by atoms with Crippen LogP contribution in [-0.4, -0.2) is 22.6 Å². The molecule has 0 spiro atoms. The third kappa shape index (κ3) is 9.65. The van der Waals surface area contributed by atoms with E-state index in [1.807, 2.05) is 29.5 Å². The Balaban J connectivity index is 0.000000244. The van der Waals surface area contributed by atoms with Gasteiger partial charge in [-0.3, -0.25) is 4.98 Å². The summed E-state index contributed by atoms with van der Waals surface area (Å²) in [6.07, 6.45) is 6.55. The molecule has 4 heterocycles. The van der Waals surface area contributed by atoms with E-state index in [0.29, 0.717) is 5.92 Å². The van der Waals surface area contributed by atoms with E-state index in [1.165, 1.54) is 64.4 Å². The SMILES string of the molecule is CC(C)Cc1cc(-c2[c-]cccc2)ncc1[Si](C)(C)C.CC(C)c1cc(-c2ccccc2)cc(C(C)C)c1-n1c(-c2[c-]oc3ccc(-c4ccc5sc6ccccc6c5c4)cc23)nc2ccccc21.[Ir]. The van der Waals surface area contributed by atoms with Crippen molar-refractivity contribution in [2.24, 2.45) is 5.92 Å². The van der Waals surface area contributed by atoms with Gasteiger partial charge in [0.2, 0.25) is 0 Å². The summed E-state index contributed by atoms with van der Waals surface area (Å²) in [6.45, 7) is 20.9. The van der Waals surface area contributed by atoms with Crippen molar-refractivity contribution in [3.8, 4) is 50.6 Å². The molecule has 70 heavy (non-hydrogen) atoms. The van der Waals surface area contributed by atoms with Gasteiger partial charge < -0.3 is 14.0 Å². The molecule has 1 radical (unpaired) electrons. The van der Waals surface area contributed by atoms with Gasteiger partial charge in [-0.2, -0.15) is 0 Å². The van der Waals surface area contributed by atoms with E-state index >= 15 is 0 Å². The van der Waals surface area contributed by atoms with Crippen LogP contribution in [0.2, 0.25) is 19.6 Å². The summed E-state index contributed by atoms with van der Waals surface area (Å²) in [5.41, 5.74) is 15.8. The minimum Gasteiger partial charge on any atom is -0.557 e. The van der Waals surface area contributed by atoms with E-state index in [-0.39, 0.29) is 31.9 Å². The van der Waals surface area contributed by atoms with Crippen LogP contribution in [0.4, 0.5) is 0 Å². The maximum Gasteiger partial charge on any atom is 0.0798 e. The number of imidazole rings is 1. The molecule has 0 unspecified atom stereocenters. The van der Waals surface area contributed by atoms with Crippen LogP contribution in [0.25, 0.3) is 92.8 Å². The summed E-state index contributed by atoms with van der Waals surface area (Å²) in [5.74, 6) is 2.07. The fourth-order valence-corrected chi connectivity index (χ4v) is 12.4. The van der Waals surface area contributed by atoms with Crippen molar-refractivity contribution in [1.29, 1.82) is 0 Å². The molecule has 0 aliphatic rings. The van der Waals surface area contributed by atoms with Crippen molar-refractivity contribution in [2.45, 2.75) is 79.4 Å². The largest absolute Gasteiger partial charge is 0.557 e. The van der Waals surface area contributed by atoms with Gasteiger partial charge in [0, 0.05) is 64.0 Å². The summed E-state index contributed by atoms with van der Waals surface area (Å²) in [6, 6.07) is 59.5. The minimum atomic E-state index is -1.34. The fraction of sp³-hybridized carbons (Fsp3) is 0.206. The molecule has 7 aromatic carbocycles. The molecular weight excluding hydrogens is 1070 g/mol. The topological polar surface area (TPSA) is 43.9 Å². The van der Waals surface area contributed by atoms with Crippen LogP contribution in [0.3, 0.4) is 0 Å². The predicted octanol–water partition coefficient (Wildman–Crippen LogP) is 17.5. The average molecular weight is 1130 g/mol. The van der Waals surface area contributed by atoms with E-state index in [0.717, 1.165) is 56.6 Å². The Morgan fingerprint density at radius 1 is 0.629 bits per heavy atom. The molecule has 0 aliphatic carbocycles. The Morgan fingerprint density at radius 2 is 1.29 bits per heavy atom. The number of furan rings is 1. The molecule has 4 aromatic heterocycles. The normalized spacial score (nSPS) is 11.8. The number of benzene rings is 7. The Kier molecular flexibility index (Phi) is 14.1. The third-order valence-corrected chi connectivity index (χ3v) is 16.4. The number of para-hydroxylation sites is 2. The number of nitrogens with zero attached hydrogens (tertiary/aromatic N) is 3. The summed E-state index contributed by atoms with van der Waals surface area (Å²) in [5, 5.41) is 5.09. The van der Waals surface area contributed by atoms with E-state index < -0.39 is 8.07 Å². The Morgan fingerprint density at radius 3 is 1.99 bits per heavy atom. The number of rotatable bonds is 10. The van der Waals surface area contributed by atoms with E-state index in [1.54, 1.807) is 0 Å². The fourth-order valence-electron chi connectivity index (χ4n) is 9.74. The summed E-state index contributed by atoms with van der Waals surface area (Å²) < 4.78 is 11.1. The molecule has 4 nitrogen and oxygen atoms in total. The molecule has 0 saturated carbocycles. The Labute approximate surface area is 431 Å². The molecule has 0 bridgehead atoms. The van der Waals surface area contributed by atoms with Gasteiger partial charge >= 0.3 is 0 Å². The van der Waals surface area contributed by atoms with Gasteiger partial charge in [0.15, 0.2) is 0 Å². The van der Waals surface area contributed by atoms with Gasteiger partial charge in [-0.1, -0.05) is 169 Å². The Hall–Kier alpha value is -6.21. The maximum atomic E-state index is 6.15. The molecule has 11 rings (SSSR count). The molecule has 7 heteroatoms. The van der Waals surface area contributed by atoms with E-state index in [2.05, 4.69) is 229 Å². The van der Waals surface area contributed by atoms with Crippen molar-refractivity contribution in [1.82, 2.24) is 14.5 Å². The van der Waals surface area contributed by atoms with Crippen LogP contribution < -0.4 is 5.19 Å². The number of aromatic nitrogens is 3. The first-order valence-corrected chi connectivity index (χ1v) is 28.7. The van der Waals surface area contributed by atoms with Gasteiger partial charge in [0.25, 0.3) is 0 Å². The van der Waals surface area contributed by atoms with Gasteiger partial charge in [-0.05, 0) is 111 Å². The average Bonchev–Trinajstić information content (AvgIpc) is 4.06. The van der Waals surface area contributed by atoms with Crippen molar-refractivity contribution in [3.05, 3.63) is 193 Å². The first-order valence-electron chi connectivity index (χ1n) is 24.4. The summed E-state index contributed by atoms with van der Waals surface area (Å²) in [7, 11) is -1.34. The maximum absolute atomic E-state index is 6.15. The second kappa shape index (κ2) is 20.3. The molecule has 0 aliphatic heterocycles. The minimum absolute atomic E-state index is 0. The number of hydrogen-bond acceptors (Lipinski definition) is 4. The van der Waals surface area contributed by atoms with Crippen LogP contribution in [0.1, 0.15) is 70.1 Å². The number of fused-ring (bicyclic) bond motifs is 5. The van der Waals surface area contributed by atoms with Crippen molar-refractivity contribution < 1.29 is 24.5 Å². The quantitative estimate of drug-likeness (QED) is 0.101. The van der Waals surface area contributed by atoms with Gasteiger partial charge in [-0.15, -0.1) is 47.2 Å². The van der Waals surface area contributed by atoms with Gasteiger partial charge in [-0.25, -0.2) is 0 Å². The predicted molar refractivity (Wildman–Crippen MR) is 297 cm³/mol. The van der Waals surface area contributed by atoms with Crippen LogP contribution in [0.15, 0.2) is 168 Å². The zero-order valence-corrected chi connectivity index (χ0v) is 45.7. The van der Waals surface area contributed by atoms with Gasteiger partial charge in [0.05, 0.1) is 24.9 Å². The zero-order valence-electron chi connectivity index (χ0n) is 41.5. The number of hydrogen-bond donors (Lipinski definition) is 0. The first kappa shape index (κ1) is 48.8. The van der Waals surface area contributed by atoms with Crippen LogP contribution >= 0.6 is 11.3 Å². The number of pyridine rings is 1. The molecular formula is C63H59IrN3OSSi-2. The molecule has 0 saturated heterocycles. The Bertz CT molecular complexity index is 3590. The van der Waals surface area contributed by atoms with Crippen molar-refractivity contribution in [3.63, 3.8) is 0 Å². The second-order valence-electron chi connectivity index (χ2n) is 20.4. The van der Waals surface area contributed by atoms with Crippen LogP contribution in [-0.2, 0) is 26.5 Å². The molecule has 0 atom stereocenters. The van der Waals surface area contributed by atoms with Gasteiger partial charge in [0.1, 0.15) is 0 Å². The molecule has 11 aromatic rings. The number of thiophene rings is 1. The third-order valence-electron chi connectivity index (χ3n) is 13.2. The van der Waals surface area contributed by atoms with Crippen molar-refractivity contribution in [2.75, 3.05) is 0 Å². The summed E-state index contributed by atoms with van der Waals surface area (Å²) >= 11 is 1.85. The second-order valence-corrected chi connectivity index (χ2v) is 26.5.